The van der Waals surface area contributed by atoms with E-state index in [2.05, 4.69) is 40.5 Å². The van der Waals surface area contributed by atoms with Gasteiger partial charge >= 0.3 is 0 Å². The third kappa shape index (κ3) is 4.60. The van der Waals surface area contributed by atoms with Gasteiger partial charge in [-0.05, 0) is 92.0 Å². The average molecular weight is 437 g/mol. The number of ether oxygens (including phenoxy) is 2. The van der Waals surface area contributed by atoms with Gasteiger partial charge < -0.3 is 24.8 Å². The lowest BCUT2D eigenvalue weighted by molar-refractivity contribution is 0.0252. The summed E-state index contributed by atoms with van der Waals surface area (Å²) in [7, 11) is 1.70. The van der Waals surface area contributed by atoms with Crippen LogP contribution >= 0.6 is 0 Å². The van der Waals surface area contributed by atoms with Crippen molar-refractivity contribution in [2.75, 3.05) is 43.6 Å². The van der Waals surface area contributed by atoms with Crippen molar-refractivity contribution in [2.45, 2.75) is 50.7 Å². The van der Waals surface area contributed by atoms with E-state index in [1.165, 1.54) is 41.8 Å². The van der Waals surface area contributed by atoms with Crippen LogP contribution in [-0.4, -0.2) is 50.7 Å². The number of methoxy groups -OCH3 is 1. The van der Waals surface area contributed by atoms with Crippen molar-refractivity contribution in [1.82, 2.24) is 0 Å². The number of aliphatic hydroxyl groups excluding tert-OH is 1. The number of anilines is 2. The molecule has 2 N–H and O–H groups in total. The fourth-order valence-electron chi connectivity index (χ4n) is 5.85. The molecule has 3 aliphatic rings. The molecule has 0 bridgehead atoms. The molecule has 2 fully saturated rings. The van der Waals surface area contributed by atoms with Gasteiger partial charge in [0.25, 0.3) is 0 Å². The first-order valence-electron chi connectivity index (χ1n) is 12.2. The van der Waals surface area contributed by atoms with E-state index in [9.17, 15) is 5.11 Å². The van der Waals surface area contributed by atoms with Crippen molar-refractivity contribution in [3.63, 3.8) is 0 Å². The van der Waals surface area contributed by atoms with Crippen molar-refractivity contribution >= 4 is 11.4 Å². The SMILES string of the molecule is COc1ccc(N2CC[C@@H](O)[C@H]([C@H](Nc3ccc4c(c3)CCC4)C3CCOCC3)C2)cc1. The molecule has 3 atom stereocenters. The molecule has 2 aromatic rings. The van der Waals surface area contributed by atoms with Gasteiger partial charge in [0.15, 0.2) is 0 Å². The highest BCUT2D eigenvalue weighted by Crippen LogP contribution is 2.35. The van der Waals surface area contributed by atoms with Crippen LogP contribution in [-0.2, 0) is 17.6 Å². The lowest BCUT2D eigenvalue weighted by Crippen LogP contribution is -2.53. The van der Waals surface area contributed by atoms with E-state index in [4.69, 9.17) is 9.47 Å². The van der Waals surface area contributed by atoms with Crippen molar-refractivity contribution in [3.8, 4) is 5.75 Å². The lowest BCUT2D eigenvalue weighted by atomic mass is 9.78. The summed E-state index contributed by atoms with van der Waals surface area (Å²) in [6.45, 7) is 3.37. The zero-order valence-corrected chi connectivity index (χ0v) is 19.1. The molecule has 0 amide bonds. The molecule has 1 aliphatic carbocycles. The summed E-state index contributed by atoms with van der Waals surface area (Å²) < 4.78 is 11.0. The van der Waals surface area contributed by atoms with Gasteiger partial charge in [-0.3, -0.25) is 0 Å². The van der Waals surface area contributed by atoms with Crippen LogP contribution < -0.4 is 15.0 Å². The van der Waals surface area contributed by atoms with E-state index >= 15 is 0 Å². The molecule has 5 nitrogen and oxygen atoms in total. The van der Waals surface area contributed by atoms with Crippen molar-refractivity contribution in [3.05, 3.63) is 53.6 Å². The summed E-state index contributed by atoms with van der Waals surface area (Å²) in [4.78, 5) is 2.42. The highest BCUT2D eigenvalue weighted by atomic mass is 16.5. The number of fused-ring (bicyclic) bond motifs is 1. The summed E-state index contributed by atoms with van der Waals surface area (Å²) in [6, 6.07) is 15.4. The van der Waals surface area contributed by atoms with Gasteiger partial charge in [-0.25, -0.2) is 0 Å². The van der Waals surface area contributed by atoms with Gasteiger partial charge in [0.1, 0.15) is 5.75 Å². The van der Waals surface area contributed by atoms with Gasteiger partial charge in [-0.2, -0.15) is 0 Å². The Hall–Kier alpha value is -2.24. The maximum absolute atomic E-state index is 11.1. The predicted molar refractivity (Wildman–Crippen MR) is 129 cm³/mol. The lowest BCUT2D eigenvalue weighted by Gasteiger charge is -2.45. The molecule has 5 heteroatoms. The minimum absolute atomic E-state index is 0.169. The average Bonchev–Trinajstić information content (AvgIpc) is 3.32. The number of nitrogens with one attached hydrogen (secondary N) is 1. The zero-order chi connectivity index (χ0) is 21.9. The number of benzene rings is 2. The Kier molecular flexibility index (Phi) is 6.56. The first-order chi connectivity index (χ1) is 15.7. The Labute approximate surface area is 191 Å². The second-order valence-electron chi connectivity index (χ2n) is 9.62. The molecule has 32 heavy (non-hydrogen) atoms. The Morgan fingerprint density at radius 2 is 1.81 bits per heavy atom. The Morgan fingerprint density at radius 3 is 2.59 bits per heavy atom. The van der Waals surface area contributed by atoms with Crippen LogP contribution in [0.4, 0.5) is 11.4 Å². The first-order valence-corrected chi connectivity index (χ1v) is 12.2. The molecular formula is C27H36N2O3. The summed E-state index contributed by atoms with van der Waals surface area (Å²) in [6.07, 6.45) is 6.26. The maximum atomic E-state index is 11.1. The number of rotatable bonds is 6. The maximum Gasteiger partial charge on any atom is 0.119 e. The number of piperidine rings is 1. The third-order valence-electron chi connectivity index (χ3n) is 7.72. The van der Waals surface area contributed by atoms with Crippen LogP contribution in [0.2, 0.25) is 0 Å². The smallest absolute Gasteiger partial charge is 0.119 e. The van der Waals surface area contributed by atoms with E-state index in [-0.39, 0.29) is 18.1 Å². The molecular weight excluding hydrogens is 400 g/mol. The van der Waals surface area contributed by atoms with Gasteiger partial charge in [-0.1, -0.05) is 6.07 Å². The van der Waals surface area contributed by atoms with Crippen LogP contribution in [0.25, 0.3) is 0 Å². The molecule has 2 saturated heterocycles. The third-order valence-corrected chi connectivity index (χ3v) is 7.72. The number of aliphatic hydroxyl groups is 1. The summed E-state index contributed by atoms with van der Waals surface area (Å²) in [5, 5.41) is 15.0. The van der Waals surface area contributed by atoms with Crippen LogP contribution in [0.1, 0.15) is 36.8 Å². The predicted octanol–water partition coefficient (Wildman–Crippen LogP) is 4.28. The van der Waals surface area contributed by atoms with E-state index in [0.29, 0.717) is 5.92 Å². The molecule has 172 valence electrons. The van der Waals surface area contributed by atoms with Crippen molar-refractivity contribution in [1.29, 1.82) is 0 Å². The van der Waals surface area contributed by atoms with Gasteiger partial charge in [0.2, 0.25) is 0 Å². The second kappa shape index (κ2) is 9.72. The molecule has 5 rings (SSSR count). The molecule has 2 aliphatic heterocycles. The van der Waals surface area contributed by atoms with Gasteiger partial charge in [0, 0.05) is 49.6 Å². The molecule has 0 unspecified atom stereocenters. The summed E-state index contributed by atoms with van der Waals surface area (Å²) in [5.41, 5.74) is 5.40. The quantitative estimate of drug-likeness (QED) is 0.708. The van der Waals surface area contributed by atoms with Gasteiger partial charge in [0.05, 0.1) is 13.2 Å². The van der Waals surface area contributed by atoms with Crippen LogP contribution in [0, 0.1) is 11.8 Å². The molecule has 0 aromatic heterocycles. The molecule has 2 aromatic carbocycles. The van der Waals surface area contributed by atoms with E-state index < -0.39 is 0 Å². The monoisotopic (exact) mass is 436 g/mol. The number of hydrogen-bond acceptors (Lipinski definition) is 5. The molecule has 0 saturated carbocycles. The fourth-order valence-corrected chi connectivity index (χ4v) is 5.85. The topological polar surface area (TPSA) is 54.0 Å². The largest absolute Gasteiger partial charge is 0.497 e. The van der Waals surface area contributed by atoms with E-state index in [1.54, 1.807) is 7.11 Å². The van der Waals surface area contributed by atoms with Crippen LogP contribution in [0.5, 0.6) is 5.75 Å². The normalized spacial score (nSPS) is 24.8. The van der Waals surface area contributed by atoms with Crippen LogP contribution in [0.15, 0.2) is 42.5 Å². The summed E-state index contributed by atoms with van der Waals surface area (Å²) >= 11 is 0. The highest BCUT2D eigenvalue weighted by Gasteiger charge is 2.38. The van der Waals surface area contributed by atoms with Gasteiger partial charge in [-0.15, -0.1) is 0 Å². The molecule has 2 heterocycles. The Balaban J connectivity index is 1.38. The zero-order valence-electron chi connectivity index (χ0n) is 19.1. The van der Waals surface area contributed by atoms with Crippen molar-refractivity contribution in [2.24, 2.45) is 11.8 Å². The number of aryl methyl sites for hydroxylation is 2. The number of hydrogen-bond donors (Lipinski definition) is 2. The standard InChI is InChI=1S/C27H36N2O3/c1-31-24-9-7-23(8-10-24)29-14-11-26(30)25(18-29)27(20-12-15-32-16-13-20)28-22-6-5-19-3-2-4-21(19)17-22/h5-10,17,20,25-28,30H,2-4,11-16,18H2,1H3/t25-,26-,27-/m1/s1. The fraction of sp³-hybridized carbons (Fsp3) is 0.556. The second-order valence-corrected chi connectivity index (χ2v) is 9.62. The van der Waals surface area contributed by atoms with E-state index in [1.807, 2.05) is 12.1 Å². The first kappa shape index (κ1) is 21.6. The van der Waals surface area contributed by atoms with Crippen LogP contribution in [0.3, 0.4) is 0 Å². The minimum Gasteiger partial charge on any atom is -0.497 e. The Bertz CT molecular complexity index is 894. The number of nitrogens with zero attached hydrogens (tertiary/aromatic N) is 1. The minimum atomic E-state index is -0.292. The molecule has 0 spiro atoms. The van der Waals surface area contributed by atoms with E-state index in [0.717, 1.165) is 51.3 Å². The Morgan fingerprint density at radius 1 is 1.03 bits per heavy atom. The van der Waals surface area contributed by atoms with Crippen molar-refractivity contribution < 1.29 is 14.6 Å². The summed E-state index contributed by atoms with van der Waals surface area (Å²) in [5.74, 6) is 1.55. The highest BCUT2D eigenvalue weighted by molar-refractivity contribution is 5.52. The molecule has 0 radical (unpaired) electrons.